The lowest BCUT2D eigenvalue weighted by Crippen LogP contribution is -2.40. The summed E-state index contributed by atoms with van der Waals surface area (Å²) in [5.41, 5.74) is 0.304. The second-order valence-electron chi connectivity index (χ2n) is 6.35. The molecule has 3 aliphatic rings. The molecular formula is C13H22N2O. The van der Waals surface area contributed by atoms with E-state index in [0.717, 1.165) is 19.4 Å². The smallest absolute Gasteiger partial charge is 0.244 e. The summed E-state index contributed by atoms with van der Waals surface area (Å²) in [5, 5.41) is 3.47. The Balaban J connectivity index is 1.73. The molecule has 1 saturated heterocycles. The highest BCUT2D eigenvalue weighted by atomic mass is 16.2. The van der Waals surface area contributed by atoms with Crippen LogP contribution in [0, 0.1) is 11.3 Å². The van der Waals surface area contributed by atoms with Crippen LogP contribution in [-0.4, -0.2) is 29.1 Å². The lowest BCUT2D eigenvalue weighted by molar-refractivity contribution is -0.131. The molecule has 2 saturated carbocycles. The maximum atomic E-state index is 12.3. The van der Waals surface area contributed by atoms with E-state index in [0.29, 0.717) is 17.2 Å². The molecule has 16 heavy (non-hydrogen) atoms. The molecule has 1 aliphatic heterocycles. The van der Waals surface area contributed by atoms with E-state index in [4.69, 9.17) is 0 Å². The van der Waals surface area contributed by atoms with Crippen LogP contribution in [-0.2, 0) is 4.79 Å². The predicted octanol–water partition coefficient (Wildman–Crippen LogP) is 1.73. The number of nitrogens with zero attached hydrogens (tertiary/aromatic N) is 1. The first-order chi connectivity index (χ1) is 7.49. The SMILES string of the molecule is CC1NC2(CC2)C(=O)N1CC1(C(C)C)CC1. The van der Waals surface area contributed by atoms with Crippen molar-refractivity contribution >= 4 is 5.91 Å². The summed E-state index contributed by atoms with van der Waals surface area (Å²) in [5.74, 6) is 1.06. The third kappa shape index (κ3) is 1.33. The van der Waals surface area contributed by atoms with Crippen LogP contribution in [0.4, 0.5) is 0 Å². The summed E-state index contributed by atoms with van der Waals surface area (Å²) < 4.78 is 0. The number of rotatable bonds is 3. The van der Waals surface area contributed by atoms with E-state index >= 15 is 0 Å². The number of carbonyl (C=O) groups is 1. The Morgan fingerprint density at radius 2 is 2.00 bits per heavy atom. The number of nitrogens with one attached hydrogen (secondary N) is 1. The average Bonchev–Trinajstić information content (AvgIpc) is 3.08. The molecule has 0 bridgehead atoms. The summed E-state index contributed by atoms with van der Waals surface area (Å²) in [4.78, 5) is 14.4. The lowest BCUT2D eigenvalue weighted by atomic mass is 9.91. The van der Waals surface area contributed by atoms with E-state index in [-0.39, 0.29) is 11.7 Å². The second-order valence-corrected chi connectivity index (χ2v) is 6.35. The van der Waals surface area contributed by atoms with Gasteiger partial charge in [0, 0.05) is 6.54 Å². The van der Waals surface area contributed by atoms with Crippen molar-refractivity contribution < 1.29 is 4.79 Å². The molecule has 0 radical (unpaired) electrons. The van der Waals surface area contributed by atoms with Gasteiger partial charge in [0.05, 0.1) is 11.7 Å². The largest absolute Gasteiger partial charge is 0.325 e. The topological polar surface area (TPSA) is 32.3 Å². The van der Waals surface area contributed by atoms with Crippen molar-refractivity contribution in [2.75, 3.05) is 6.54 Å². The molecule has 3 heteroatoms. The molecule has 1 N–H and O–H groups in total. The fraction of sp³-hybridized carbons (Fsp3) is 0.923. The number of hydrogen-bond donors (Lipinski definition) is 1. The molecule has 3 fully saturated rings. The molecular weight excluding hydrogens is 200 g/mol. The fourth-order valence-corrected chi connectivity index (χ4v) is 3.10. The summed E-state index contributed by atoms with van der Waals surface area (Å²) in [6.07, 6.45) is 4.93. The molecule has 1 heterocycles. The van der Waals surface area contributed by atoms with E-state index in [2.05, 4.69) is 31.0 Å². The molecule has 1 spiro atoms. The average molecular weight is 222 g/mol. The quantitative estimate of drug-likeness (QED) is 0.789. The van der Waals surface area contributed by atoms with Gasteiger partial charge >= 0.3 is 0 Å². The van der Waals surface area contributed by atoms with Gasteiger partial charge in [-0.3, -0.25) is 10.1 Å². The highest BCUT2D eigenvalue weighted by Crippen LogP contribution is 2.54. The van der Waals surface area contributed by atoms with Crippen LogP contribution in [0.5, 0.6) is 0 Å². The van der Waals surface area contributed by atoms with E-state index in [1.807, 2.05) is 0 Å². The van der Waals surface area contributed by atoms with Crippen LogP contribution < -0.4 is 5.32 Å². The molecule has 90 valence electrons. The molecule has 0 aromatic carbocycles. The van der Waals surface area contributed by atoms with Crippen molar-refractivity contribution in [1.82, 2.24) is 10.2 Å². The highest BCUT2D eigenvalue weighted by molar-refractivity contribution is 5.91. The van der Waals surface area contributed by atoms with Crippen molar-refractivity contribution in [2.45, 2.75) is 58.2 Å². The Kier molecular flexibility index (Phi) is 1.99. The van der Waals surface area contributed by atoms with Gasteiger partial charge in [-0.05, 0) is 43.9 Å². The van der Waals surface area contributed by atoms with Crippen molar-refractivity contribution in [1.29, 1.82) is 0 Å². The van der Waals surface area contributed by atoms with E-state index < -0.39 is 0 Å². The first-order valence-corrected chi connectivity index (χ1v) is 6.58. The molecule has 2 aliphatic carbocycles. The number of carbonyl (C=O) groups excluding carboxylic acids is 1. The normalized spacial score (nSPS) is 33.9. The predicted molar refractivity (Wildman–Crippen MR) is 62.8 cm³/mol. The zero-order valence-electron chi connectivity index (χ0n) is 10.5. The third-order valence-corrected chi connectivity index (χ3v) is 4.98. The van der Waals surface area contributed by atoms with Crippen LogP contribution in [0.1, 0.15) is 46.5 Å². The van der Waals surface area contributed by atoms with Gasteiger partial charge in [0.2, 0.25) is 5.91 Å². The molecule has 3 nitrogen and oxygen atoms in total. The first kappa shape index (κ1) is 10.6. The van der Waals surface area contributed by atoms with E-state index in [9.17, 15) is 4.79 Å². The Morgan fingerprint density at radius 3 is 2.38 bits per heavy atom. The minimum absolute atomic E-state index is 0.132. The minimum atomic E-state index is -0.132. The number of hydrogen-bond acceptors (Lipinski definition) is 2. The van der Waals surface area contributed by atoms with Gasteiger partial charge in [-0.15, -0.1) is 0 Å². The van der Waals surface area contributed by atoms with Gasteiger partial charge < -0.3 is 4.90 Å². The Bertz CT molecular complexity index is 329. The number of amides is 1. The van der Waals surface area contributed by atoms with Crippen molar-refractivity contribution in [3.05, 3.63) is 0 Å². The van der Waals surface area contributed by atoms with Gasteiger partial charge in [0.25, 0.3) is 0 Å². The van der Waals surface area contributed by atoms with E-state index in [1.165, 1.54) is 12.8 Å². The Morgan fingerprint density at radius 1 is 1.38 bits per heavy atom. The summed E-state index contributed by atoms with van der Waals surface area (Å²) in [7, 11) is 0. The summed E-state index contributed by atoms with van der Waals surface area (Å²) in [6, 6.07) is 0. The van der Waals surface area contributed by atoms with Gasteiger partial charge in [-0.1, -0.05) is 13.8 Å². The Hall–Kier alpha value is -0.570. The maximum Gasteiger partial charge on any atom is 0.244 e. The van der Waals surface area contributed by atoms with Crippen molar-refractivity contribution in [2.24, 2.45) is 11.3 Å². The minimum Gasteiger partial charge on any atom is -0.325 e. The Labute approximate surface area is 97.6 Å². The van der Waals surface area contributed by atoms with Gasteiger partial charge in [-0.2, -0.15) is 0 Å². The lowest BCUT2D eigenvalue weighted by Gasteiger charge is -2.29. The maximum absolute atomic E-state index is 12.3. The van der Waals surface area contributed by atoms with Crippen molar-refractivity contribution in [3.8, 4) is 0 Å². The van der Waals surface area contributed by atoms with Crippen LogP contribution >= 0.6 is 0 Å². The molecule has 0 aromatic heterocycles. The van der Waals surface area contributed by atoms with Gasteiger partial charge in [-0.25, -0.2) is 0 Å². The monoisotopic (exact) mass is 222 g/mol. The zero-order valence-corrected chi connectivity index (χ0v) is 10.5. The molecule has 1 unspecified atom stereocenters. The van der Waals surface area contributed by atoms with E-state index in [1.54, 1.807) is 0 Å². The highest BCUT2D eigenvalue weighted by Gasteiger charge is 2.60. The first-order valence-electron chi connectivity index (χ1n) is 6.58. The molecule has 3 rings (SSSR count). The van der Waals surface area contributed by atoms with Crippen molar-refractivity contribution in [3.63, 3.8) is 0 Å². The molecule has 1 amide bonds. The summed E-state index contributed by atoms with van der Waals surface area (Å²) in [6.45, 7) is 7.68. The molecule has 1 atom stereocenters. The van der Waals surface area contributed by atoms with Crippen LogP contribution in [0.2, 0.25) is 0 Å². The third-order valence-electron chi connectivity index (χ3n) is 4.98. The standard InChI is InChI=1S/C13H22N2O/c1-9(2)12(4-5-12)8-15-10(3)14-13(6-7-13)11(15)16/h9-10,14H,4-8H2,1-3H3. The van der Waals surface area contributed by atoms with Crippen LogP contribution in [0.25, 0.3) is 0 Å². The van der Waals surface area contributed by atoms with Crippen LogP contribution in [0.3, 0.4) is 0 Å². The summed E-state index contributed by atoms with van der Waals surface area (Å²) >= 11 is 0. The van der Waals surface area contributed by atoms with Gasteiger partial charge in [0.1, 0.15) is 0 Å². The molecule has 0 aromatic rings. The fourth-order valence-electron chi connectivity index (χ4n) is 3.10. The second kappa shape index (κ2) is 3.00. The van der Waals surface area contributed by atoms with Crippen LogP contribution in [0.15, 0.2) is 0 Å². The van der Waals surface area contributed by atoms with Gasteiger partial charge in [0.15, 0.2) is 0 Å². The zero-order chi connectivity index (χ0) is 11.6.